The van der Waals surface area contributed by atoms with E-state index in [1.807, 2.05) is 37.3 Å². The highest BCUT2D eigenvalue weighted by Crippen LogP contribution is 2.25. The van der Waals surface area contributed by atoms with Crippen LogP contribution in [0, 0.1) is 11.7 Å². The van der Waals surface area contributed by atoms with Crippen LogP contribution in [0.25, 0.3) is 10.9 Å². The summed E-state index contributed by atoms with van der Waals surface area (Å²) >= 11 is 0. The maximum atomic E-state index is 13.4. The Bertz CT molecular complexity index is 1270. The number of hydrogen-bond acceptors (Lipinski definition) is 2. The summed E-state index contributed by atoms with van der Waals surface area (Å²) in [4.78, 5) is 15.3. The van der Waals surface area contributed by atoms with Gasteiger partial charge in [-0.1, -0.05) is 60.7 Å². The largest absolute Gasteiger partial charge is 0.349 e. The molecule has 1 N–H and O–H groups in total. The Morgan fingerprint density at radius 3 is 2.37 bits per heavy atom. The molecule has 2 heterocycles. The number of carbonyl (C=O) groups is 1. The van der Waals surface area contributed by atoms with Crippen LogP contribution >= 0.6 is 0 Å². The molecule has 4 aromatic rings. The van der Waals surface area contributed by atoms with E-state index < -0.39 is 0 Å². The molecule has 35 heavy (non-hydrogen) atoms. The first-order chi connectivity index (χ1) is 17.1. The fourth-order valence-electron chi connectivity index (χ4n) is 5.10. The lowest BCUT2D eigenvalue weighted by Gasteiger charge is -2.32. The molecule has 1 saturated heterocycles. The summed E-state index contributed by atoms with van der Waals surface area (Å²) < 4.78 is 15.7. The molecule has 0 radical (unpaired) electrons. The van der Waals surface area contributed by atoms with Crippen LogP contribution in [0.3, 0.4) is 0 Å². The molecule has 5 heteroatoms. The Balaban J connectivity index is 1.23. The number of para-hydroxylation sites is 1. The minimum atomic E-state index is -0.212. The maximum absolute atomic E-state index is 13.4. The highest BCUT2D eigenvalue weighted by molar-refractivity contribution is 5.81. The van der Waals surface area contributed by atoms with Gasteiger partial charge in [-0.15, -0.1) is 0 Å². The van der Waals surface area contributed by atoms with E-state index in [9.17, 15) is 9.18 Å². The number of likely N-dealkylation sites (tertiary alicyclic amines) is 1. The zero-order chi connectivity index (χ0) is 24.2. The van der Waals surface area contributed by atoms with Crippen molar-refractivity contribution in [3.05, 3.63) is 108 Å². The molecular formula is C30H32FN3O. The second kappa shape index (κ2) is 10.4. The molecule has 5 rings (SSSR count). The van der Waals surface area contributed by atoms with Crippen LogP contribution < -0.4 is 5.32 Å². The number of halogens is 1. The SMILES string of the molecule is C[C@H](NC(=O)C1CCN(Cc2cc3ccccc3n2Cc2ccc(F)cc2)CC1)c1ccccc1. The van der Waals surface area contributed by atoms with Gasteiger partial charge in [0.2, 0.25) is 5.91 Å². The molecular weight excluding hydrogens is 437 g/mol. The summed E-state index contributed by atoms with van der Waals surface area (Å²) in [6.07, 6.45) is 1.73. The summed E-state index contributed by atoms with van der Waals surface area (Å²) in [7, 11) is 0. The van der Waals surface area contributed by atoms with Gasteiger partial charge in [0.05, 0.1) is 6.04 Å². The third-order valence-corrected chi connectivity index (χ3v) is 7.15. The highest BCUT2D eigenvalue weighted by atomic mass is 19.1. The first-order valence-corrected chi connectivity index (χ1v) is 12.5. The van der Waals surface area contributed by atoms with Crippen LogP contribution in [0.5, 0.6) is 0 Å². The lowest BCUT2D eigenvalue weighted by atomic mass is 9.95. The molecule has 180 valence electrons. The molecule has 0 spiro atoms. The molecule has 0 saturated carbocycles. The van der Waals surface area contributed by atoms with Crippen LogP contribution in [0.4, 0.5) is 4.39 Å². The number of hydrogen-bond donors (Lipinski definition) is 1. The Hall–Kier alpha value is -3.44. The van der Waals surface area contributed by atoms with Gasteiger partial charge in [0.15, 0.2) is 0 Å². The van der Waals surface area contributed by atoms with Crippen LogP contribution in [0.2, 0.25) is 0 Å². The summed E-state index contributed by atoms with van der Waals surface area (Å²) in [5.74, 6) is 0.00493. The van der Waals surface area contributed by atoms with Gasteiger partial charge < -0.3 is 9.88 Å². The van der Waals surface area contributed by atoms with Crippen LogP contribution in [-0.4, -0.2) is 28.5 Å². The van der Waals surface area contributed by atoms with Crippen molar-refractivity contribution in [3.8, 4) is 0 Å². The molecule has 1 fully saturated rings. The summed E-state index contributed by atoms with van der Waals surface area (Å²) in [6, 6.07) is 27.6. The van der Waals surface area contributed by atoms with Crippen molar-refractivity contribution in [1.29, 1.82) is 0 Å². The van der Waals surface area contributed by atoms with E-state index in [1.165, 1.54) is 28.7 Å². The highest BCUT2D eigenvalue weighted by Gasteiger charge is 2.26. The van der Waals surface area contributed by atoms with Gasteiger partial charge in [0, 0.05) is 30.2 Å². The van der Waals surface area contributed by atoms with Crippen molar-refractivity contribution < 1.29 is 9.18 Å². The summed E-state index contributed by atoms with van der Waals surface area (Å²) in [5, 5.41) is 4.42. The van der Waals surface area contributed by atoms with Gasteiger partial charge in [0.1, 0.15) is 5.82 Å². The topological polar surface area (TPSA) is 37.3 Å². The predicted octanol–water partition coefficient (Wildman–Crippen LogP) is 5.92. The van der Waals surface area contributed by atoms with E-state index in [4.69, 9.17) is 0 Å². The van der Waals surface area contributed by atoms with Crippen molar-refractivity contribution in [2.24, 2.45) is 5.92 Å². The van der Waals surface area contributed by atoms with Crippen LogP contribution in [0.1, 0.15) is 42.6 Å². The van der Waals surface area contributed by atoms with Crippen molar-refractivity contribution in [2.75, 3.05) is 13.1 Å². The lowest BCUT2D eigenvalue weighted by Crippen LogP contribution is -2.41. The minimum Gasteiger partial charge on any atom is -0.349 e. The molecule has 4 nitrogen and oxygen atoms in total. The molecule has 1 atom stereocenters. The van der Waals surface area contributed by atoms with Crippen LogP contribution in [0.15, 0.2) is 84.9 Å². The molecule has 0 bridgehead atoms. The zero-order valence-electron chi connectivity index (χ0n) is 20.2. The summed E-state index contributed by atoms with van der Waals surface area (Å²) in [5.41, 5.74) is 4.65. The number of nitrogens with zero attached hydrogens (tertiary/aromatic N) is 2. The predicted molar refractivity (Wildman–Crippen MR) is 138 cm³/mol. The summed E-state index contributed by atoms with van der Waals surface area (Å²) in [6.45, 7) is 5.39. The van der Waals surface area contributed by atoms with Gasteiger partial charge in [-0.2, -0.15) is 0 Å². The molecule has 1 aliphatic rings. The lowest BCUT2D eigenvalue weighted by molar-refractivity contribution is -0.127. The Labute approximate surface area is 206 Å². The van der Waals surface area contributed by atoms with Gasteiger partial charge in [-0.25, -0.2) is 4.39 Å². The van der Waals surface area contributed by atoms with E-state index in [-0.39, 0.29) is 23.7 Å². The fourth-order valence-corrected chi connectivity index (χ4v) is 5.10. The minimum absolute atomic E-state index is 0.0175. The normalized spacial score (nSPS) is 15.8. The number of amides is 1. The van der Waals surface area contributed by atoms with Gasteiger partial charge in [0.25, 0.3) is 0 Å². The van der Waals surface area contributed by atoms with Gasteiger partial charge in [-0.05, 0) is 73.6 Å². The third-order valence-electron chi connectivity index (χ3n) is 7.15. The molecule has 1 aromatic heterocycles. The van der Waals surface area contributed by atoms with Gasteiger partial charge in [-0.3, -0.25) is 9.69 Å². The van der Waals surface area contributed by atoms with E-state index in [0.717, 1.165) is 43.6 Å². The smallest absolute Gasteiger partial charge is 0.223 e. The quantitative estimate of drug-likeness (QED) is 0.365. The van der Waals surface area contributed by atoms with E-state index in [2.05, 4.69) is 57.2 Å². The number of carbonyl (C=O) groups excluding carboxylic acids is 1. The van der Waals surface area contributed by atoms with Crippen molar-refractivity contribution in [2.45, 2.75) is 38.9 Å². The second-order valence-corrected chi connectivity index (χ2v) is 9.60. The molecule has 0 unspecified atom stereocenters. The number of piperidine rings is 1. The fraction of sp³-hybridized carbons (Fsp3) is 0.300. The van der Waals surface area contributed by atoms with Crippen molar-refractivity contribution in [3.63, 3.8) is 0 Å². The maximum Gasteiger partial charge on any atom is 0.223 e. The average molecular weight is 470 g/mol. The Morgan fingerprint density at radius 2 is 1.63 bits per heavy atom. The van der Waals surface area contributed by atoms with E-state index >= 15 is 0 Å². The zero-order valence-corrected chi connectivity index (χ0v) is 20.2. The van der Waals surface area contributed by atoms with E-state index in [0.29, 0.717) is 6.54 Å². The van der Waals surface area contributed by atoms with Gasteiger partial charge >= 0.3 is 0 Å². The number of benzene rings is 3. The Kier molecular flexibility index (Phi) is 6.96. The Morgan fingerprint density at radius 1 is 0.943 bits per heavy atom. The number of rotatable bonds is 7. The third kappa shape index (κ3) is 5.46. The van der Waals surface area contributed by atoms with Crippen molar-refractivity contribution >= 4 is 16.8 Å². The number of aromatic nitrogens is 1. The standard InChI is InChI=1S/C30H32FN3O/c1-22(24-7-3-2-4-8-24)32-30(35)25-15-17-33(18-16-25)21-28-19-26-9-5-6-10-29(26)34(28)20-23-11-13-27(31)14-12-23/h2-14,19,22,25H,15-18,20-21H2,1H3,(H,32,35)/t22-/m0/s1. The molecule has 3 aromatic carbocycles. The molecule has 1 amide bonds. The first kappa shape index (κ1) is 23.3. The molecule has 0 aliphatic carbocycles. The van der Waals surface area contributed by atoms with Crippen molar-refractivity contribution in [1.82, 2.24) is 14.8 Å². The number of fused-ring (bicyclic) bond motifs is 1. The average Bonchev–Trinajstić information content (AvgIpc) is 3.23. The molecule has 1 aliphatic heterocycles. The van der Waals surface area contributed by atoms with Crippen LogP contribution in [-0.2, 0) is 17.9 Å². The van der Waals surface area contributed by atoms with E-state index in [1.54, 1.807) is 0 Å². The first-order valence-electron chi connectivity index (χ1n) is 12.5. The second-order valence-electron chi connectivity index (χ2n) is 9.60. The monoisotopic (exact) mass is 469 g/mol. The number of nitrogens with one attached hydrogen (secondary N) is 1.